The van der Waals surface area contributed by atoms with Gasteiger partial charge in [-0.2, -0.15) is 0 Å². The zero-order valence-electron chi connectivity index (χ0n) is 10.3. The zero-order chi connectivity index (χ0) is 12.0. The van der Waals surface area contributed by atoms with Crippen LogP contribution in [0.15, 0.2) is 22.7 Å². The third kappa shape index (κ3) is 3.60. The molecule has 0 aromatic heterocycles. The molecule has 0 radical (unpaired) electrons. The average Bonchev–Trinajstić information content (AvgIpc) is 2.30. The number of hydrogen-bond acceptors (Lipinski definition) is 1. The second kappa shape index (κ2) is 7.08. The molecule has 1 aromatic carbocycles. The molecule has 0 aliphatic heterocycles. The van der Waals surface area contributed by atoms with E-state index in [9.17, 15) is 0 Å². The maximum absolute atomic E-state index is 5.58. The molecule has 0 aliphatic rings. The standard InChI is InChI=1S/C14H22BrN/c1-3-11(6-5-9-16)13-8-7-12(4-2)14(15)10-13/h7-8,10-11H,3-6,9,16H2,1-2H3. The van der Waals surface area contributed by atoms with Crippen LogP contribution in [-0.2, 0) is 6.42 Å². The fraction of sp³-hybridized carbons (Fsp3) is 0.571. The lowest BCUT2D eigenvalue weighted by Gasteiger charge is -2.16. The van der Waals surface area contributed by atoms with Crippen LogP contribution in [0.25, 0.3) is 0 Å². The van der Waals surface area contributed by atoms with Crippen molar-refractivity contribution in [2.45, 2.75) is 45.4 Å². The van der Waals surface area contributed by atoms with E-state index in [4.69, 9.17) is 5.73 Å². The number of nitrogens with two attached hydrogens (primary N) is 1. The van der Waals surface area contributed by atoms with Gasteiger partial charge in [0.05, 0.1) is 0 Å². The van der Waals surface area contributed by atoms with Crippen LogP contribution >= 0.6 is 15.9 Å². The molecule has 0 fully saturated rings. The van der Waals surface area contributed by atoms with Crippen LogP contribution < -0.4 is 5.73 Å². The Kier molecular flexibility index (Phi) is 6.07. The monoisotopic (exact) mass is 283 g/mol. The van der Waals surface area contributed by atoms with Gasteiger partial charge in [0.2, 0.25) is 0 Å². The predicted molar refractivity (Wildman–Crippen MR) is 74.8 cm³/mol. The summed E-state index contributed by atoms with van der Waals surface area (Å²) in [5.41, 5.74) is 8.41. The Balaban J connectivity index is 2.80. The highest BCUT2D eigenvalue weighted by Crippen LogP contribution is 2.28. The highest BCUT2D eigenvalue weighted by atomic mass is 79.9. The minimum absolute atomic E-state index is 0.658. The second-order valence-electron chi connectivity index (χ2n) is 4.24. The normalized spacial score (nSPS) is 12.8. The van der Waals surface area contributed by atoms with Crippen LogP contribution in [0.4, 0.5) is 0 Å². The summed E-state index contributed by atoms with van der Waals surface area (Å²) < 4.78 is 1.25. The Hall–Kier alpha value is -0.340. The fourth-order valence-corrected chi connectivity index (χ4v) is 2.75. The minimum atomic E-state index is 0.658. The molecule has 0 spiro atoms. The maximum atomic E-state index is 5.58. The first-order valence-electron chi connectivity index (χ1n) is 6.21. The van der Waals surface area contributed by atoms with E-state index in [1.54, 1.807) is 0 Å². The van der Waals surface area contributed by atoms with Gasteiger partial charge in [-0.05, 0) is 55.3 Å². The molecule has 1 nitrogen and oxygen atoms in total. The van der Waals surface area contributed by atoms with E-state index in [0.29, 0.717) is 5.92 Å². The number of benzene rings is 1. The van der Waals surface area contributed by atoms with Crippen molar-refractivity contribution in [2.24, 2.45) is 5.73 Å². The lowest BCUT2D eigenvalue weighted by atomic mass is 9.91. The van der Waals surface area contributed by atoms with Crippen molar-refractivity contribution >= 4 is 15.9 Å². The number of aryl methyl sites for hydroxylation is 1. The van der Waals surface area contributed by atoms with Gasteiger partial charge < -0.3 is 5.73 Å². The van der Waals surface area contributed by atoms with E-state index in [1.165, 1.54) is 28.4 Å². The summed E-state index contributed by atoms with van der Waals surface area (Å²) >= 11 is 3.65. The van der Waals surface area contributed by atoms with E-state index in [2.05, 4.69) is 48.0 Å². The first-order valence-corrected chi connectivity index (χ1v) is 7.00. The molecule has 1 atom stereocenters. The summed E-state index contributed by atoms with van der Waals surface area (Å²) in [4.78, 5) is 0. The summed E-state index contributed by atoms with van der Waals surface area (Å²) in [5.74, 6) is 0.658. The van der Waals surface area contributed by atoms with Crippen LogP contribution in [0.5, 0.6) is 0 Å². The maximum Gasteiger partial charge on any atom is 0.0210 e. The van der Waals surface area contributed by atoms with Crippen molar-refractivity contribution < 1.29 is 0 Å². The van der Waals surface area contributed by atoms with E-state index in [-0.39, 0.29) is 0 Å². The van der Waals surface area contributed by atoms with E-state index < -0.39 is 0 Å². The van der Waals surface area contributed by atoms with Crippen LogP contribution in [0.3, 0.4) is 0 Å². The highest BCUT2D eigenvalue weighted by molar-refractivity contribution is 9.10. The zero-order valence-corrected chi connectivity index (χ0v) is 11.9. The quantitative estimate of drug-likeness (QED) is 0.830. The Labute approximate surface area is 108 Å². The Morgan fingerprint density at radius 2 is 2.06 bits per heavy atom. The molecule has 1 rings (SSSR count). The summed E-state index contributed by atoms with van der Waals surface area (Å²) in [5, 5.41) is 0. The molecule has 0 saturated carbocycles. The first kappa shape index (κ1) is 13.7. The van der Waals surface area contributed by atoms with Crippen molar-refractivity contribution in [1.29, 1.82) is 0 Å². The lowest BCUT2D eigenvalue weighted by Crippen LogP contribution is -2.04. The van der Waals surface area contributed by atoms with Crippen LogP contribution in [0.2, 0.25) is 0 Å². The summed E-state index contributed by atoms with van der Waals surface area (Å²) in [6.45, 7) is 5.24. The van der Waals surface area contributed by atoms with Crippen molar-refractivity contribution in [3.05, 3.63) is 33.8 Å². The molecule has 16 heavy (non-hydrogen) atoms. The first-order chi connectivity index (χ1) is 7.72. The summed E-state index contributed by atoms with van der Waals surface area (Å²) in [6, 6.07) is 6.79. The van der Waals surface area contributed by atoms with E-state index in [1.807, 2.05) is 0 Å². The van der Waals surface area contributed by atoms with Crippen LogP contribution in [-0.4, -0.2) is 6.54 Å². The van der Waals surface area contributed by atoms with Crippen molar-refractivity contribution in [3.8, 4) is 0 Å². The molecule has 1 aromatic rings. The molecule has 0 aliphatic carbocycles. The van der Waals surface area contributed by atoms with E-state index >= 15 is 0 Å². The number of halogens is 1. The van der Waals surface area contributed by atoms with Gasteiger partial charge in [0.25, 0.3) is 0 Å². The summed E-state index contributed by atoms with van der Waals surface area (Å²) in [7, 11) is 0. The minimum Gasteiger partial charge on any atom is -0.330 e. The Morgan fingerprint density at radius 3 is 2.56 bits per heavy atom. The molecule has 1 unspecified atom stereocenters. The van der Waals surface area contributed by atoms with Gasteiger partial charge in [0.1, 0.15) is 0 Å². The van der Waals surface area contributed by atoms with Crippen molar-refractivity contribution in [3.63, 3.8) is 0 Å². The molecule has 0 amide bonds. The molecular weight excluding hydrogens is 262 g/mol. The molecule has 2 heteroatoms. The summed E-state index contributed by atoms with van der Waals surface area (Å²) in [6.07, 6.45) is 4.59. The molecule has 90 valence electrons. The molecule has 2 N–H and O–H groups in total. The average molecular weight is 284 g/mol. The van der Waals surface area contributed by atoms with Gasteiger partial charge in [-0.15, -0.1) is 0 Å². The Bertz CT molecular complexity index is 323. The van der Waals surface area contributed by atoms with Crippen molar-refractivity contribution in [1.82, 2.24) is 0 Å². The SMILES string of the molecule is CCc1ccc(C(CC)CCCN)cc1Br. The van der Waals surface area contributed by atoms with Gasteiger partial charge in [0.15, 0.2) is 0 Å². The predicted octanol–water partition coefficient (Wildman–Crippen LogP) is 4.24. The molecule has 0 saturated heterocycles. The largest absolute Gasteiger partial charge is 0.330 e. The van der Waals surface area contributed by atoms with Gasteiger partial charge in [-0.25, -0.2) is 0 Å². The number of rotatable bonds is 6. The molecular formula is C14H22BrN. The van der Waals surface area contributed by atoms with Gasteiger partial charge in [-0.1, -0.05) is 41.9 Å². The van der Waals surface area contributed by atoms with Gasteiger partial charge in [-0.3, -0.25) is 0 Å². The lowest BCUT2D eigenvalue weighted by molar-refractivity contribution is 0.580. The van der Waals surface area contributed by atoms with Gasteiger partial charge in [0, 0.05) is 4.47 Å². The second-order valence-corrected chi connectivity index (χ2v) is 5.09. The van der Waals surface area contributed by atoms with Crippen LogP contribution in [0.1, 0.15) is 50.2 Å². The highest BCUT2D eigenvalue weighted by Gasteiger charge is 2.10. The molecule has 0 bridgehead atoms. The topological polar surface area (TPSA) is 26.0 Å². The van der Waals surface area contributed by atoms with E-state index in [0.717, 1.165) is 19.4 Å². The van der Waals surface area contributed by atoms with Crippen molar-refractivity contribution in [2.75, 3.05) is 6.54 Å². The Morgan fingerprint density at radius 1 is 1.31 bits per heavy atom. The fourth-order valence-electron chi connectivity index (χ4n) is 2.07. The third-order valence-electron chi connectivity index (χ3n) is 3.18. The third-order valence-corrected chi connectivity index (χ3v) is 3.92. The smallest absolute Gasteiger partial charge is 0.0210 e. The molecule has 0 heterocycles. The van der Waals surface area contributed by atoms with Crippen LogP contribution in [0, 0.1) is 0 Å². The number of hydrogen-bond donors (Lipinski definition) is 1. The van der Waals surface area contributed by atoms with Gasteiger partial charge >= 0.3 is 0 Å².